The Kier molecular flexibility index (Phi) is 8.92. The highest BCUT2D eigenvalue weighted by molar-refractivity contribution is 6.35. The number of aliphatic carboxylic acids is 1. The first kappa shape index (κ1) is 26.2. The molecule has 0 amide bonds. The second-order valence-electron chi connectivity index (χ2n) is 9.82. The van der Waals surface area contributed by atoms with Crippen LogP contribution in [0.2, 0.25) is 10.0 Å². The van der Waals surface area contributed by atoms with Gasteiger partial charge in [0.05, 0.1) is 18.2 Å². The Labute approximate surface area is 217 Å². The molecule has 0 saturated carbocycles. The molecule has 2 aliphatic rings. The number of rotatable bonds is 8. The first-order chi connectivity index (χ1) is 16.8. The van der Waals surface area contributed by atoms with E-state index in [1.807, 2.05) is 25.1 Å². The molecule has 2 atom stereocenters. The van der Waals surface area contributed by atoms with Crippen molar-refractivity contribution in [3.8, 4) is 0 Å². The quantitative estimate of drug-likeness (QED) is 0.419. The molecule has 8 heteroatoms. The summed E-state index contributed by atoms with van der Waals surface area (Å²) >= 11 is 12.4. The Hall–Kier alpha value is -1.86. The topological polar surface area (TPSA) is 55.8 Å². The molecule has 0 aliphatic carbocycles. The summed E-state index contributed by atoms with van der Waals surface area (Å²) in [5, 5.41) is 13.4. The van der Waals surface area contributed by atoms with Gasteiger partial charge in [0.2, 0.25) is 0 Å². The van der Waals surface area contributed by atoms with E-state index in [0.29, 0.717) is 34.2 Å². The third kappa shape index (κ3) is 6.88. The van der Waals surface area contributed by atoms with Crippen LogP contribution in [0.15, 0.2) is 36.4 Å². The molecule has 2 aromatic carbocycles. The number of anilines is 1. The lowest BCUT2D eigenvalue weighted by atomic mass is 9.87. The van der Waals surface area contributed by atoms with Crippen LogP contribution in [0, 0.1) is 5.82 Å². The van der Waals surface area contributed by atoms with Gasteiger partial charge in [-0.15, -0.1) is 0 Å². The van der Waals surface area contributed by atoms with Crippen molar-refractivity contribution in [3.63, 3.8) is 0 Å². The minimum absolute atomic E-state index is 0.165. The van der Waals surface area contributed by atoms with Crippen molar-refractivity contribution < 1.29 is 14.3 Å². The Bertz CT molecular complexity index is 1030. The number of nitrogens with zero attached hydrogens (tertiary/aromatic N) is 2. The molecule has 35 heavy (non-hydrogen) atoms. The number of carboxylic acid groups (broad SMARTS) is 1. The van der Waals surface area contributed by atoms with E-state index in [2.05, 4.69) is 15.1 Å². The number of likely N-dealkylation sites (tertiary alicyclic amines) is 2. The molecular formula is C27H34Cl2FN3O2. The van der Waals surface area contributed by atoms with Gasteiger partial charge in [-0.3, -0.25) is 9.69 Å². The largest absolute Gasteiger partial charge is 0.481 e. The molecule has 0 bridgehead atoms. The van der Waals surface area contributed by atoms with E-state index in [1.54, 1.807) is 18.2 Å². The lowest BCUT2D eigenvalue weighted by Crippen LogP contribution is -2.50. The summed E-state index contributed by atoms with van der Waals surface area (Å²) in [5.41, 5.74) is 2.53. The fraction of sp³-hybridized carbons (Fsp3) is 0.519. The van der Waals surface area contributed by atoms with Crippen molar-refractivity contribution in [1.82, 2.24) is 9.80 Å². The Balaban J connectivity index is 1.35. The standard InChI is InChI=1S/C27H34Cl2FN3O2/c1-18(23-6-5-21(28)16-24(23)29)31-26-15-20(4-7-25(26)30)19-8-13-33(14-9-19)22-3-2-11-32(17-22)12-10-27(34)35/h4-7,15-16,18-19,22,31H,2-3,8-14,17H2,1H3,(H,34,35)/t18-,22?/m1/s1. The zero-order valence-electron chi connectivity index (χ0n) is 20.2. The molecule has 0 spiro atoms. The Morgan fingerprint density at radius 1 is 1.14 bits per heavy atom. The SMILES string of the molecule is C[C@@H](Nc1cc(C2CCN(C3CCCN(CCC(=O)O)C3)CC2)ccc1F)c1ccc(Cl)cc1Cl. The van der Waals surface area contributed by atoms with Crippen LogP contribution in [-0.4, -0.2) is 59.6 Å². The number of hydrogen-bond donors (Lipinski definition) is 2. The lowest BCUT2D eigenvalue weighted by molar-refractivity contribution is -0.137. The fourth-order valence-corrected chi connectivity index (χ4v) is 6.03. The van der Waals surface area contributed by atoms with Crippen molar-refractivity contribution >= 4 is 34.9 Å². The van der Waals surface area contributed by atoms with Gasteiger partial charge in [-0.05, 0) is 93.6 Å². The molecule has 190 valence electrons. The second kappa shape index (κ2) is 11.9. The summed E-state index contributed by atoms with van der Waals surface area (Å²) in [5.74, 6) is -0.605. The van der Waals surface area contributed by atoms with Crippen molar-refractivity contribution in [1.29, 1.82) is 0 Å². The van der Waals surface area contributed by atoms with E-state index < -0.39 is 5.97 Å². The van der Waals surface area contributed by atoms with Gasteiger partial charge in [-0.25, -0.2) is 4.39 Å². The lowest BCUT2D eigenvalue weighted by Gasteiger charge is -2.42. The van der Waals surface area contributed by atoms with Gasteiger partial charge < -0.3 is 15.3 Å². The van der Waals surface area contributed by atoms with Crippen LogP contribution in [0.1, 0.15) is 62.1 Å². The van der Waals surface area contributed by atoms with Gasteiger partial charge in [-0.2, -0.15) is 0 Å². The monoisotopic (exact) mass is 521 g/mol. The first-order valence-electron chi connectivity index (χ1n) is 12.5. The zero-order valence-corrected chi connectivity index (χ0v) is 21.7. The molecule has 0 aromatic heterocycles. The molecule has 2 N–H and O–H groups in total. The number of piperidine rings is 2. The summed E-state index contributed by atoms with van der Waals surface area (Å²) in [4.78, 5) is 15.8. The third-order valence-electron chi connectivity index (χ3n) is 7.43. The van der Waals surface area contributed by atoms with E-state index in [1.165, 1.54) is 6.42 Å². The third-order valence-corrected chi connectivity index (χ3v) is 7.99. The summed E-state index contributed by atoms with van der Waals surface area (Å²) in [6.45, 7) is 6.56. The van der Waals surface area contributed by atoms with Gasteiger partial charge in [0.1, 0.15) is 5.82 Å². The van der Waals surface area contributed by atoms with Crippen LogP contribution in [0.3, 0.4) is 0 Å². The van der Waals surface area contributed by atoms with Crippen molar-refractivity contribution in [3.05, 3.63) is 63.4 Å². The van der Waals surface area contributed by atoms with Crippen LogP contribution in [0.5, 0.6) is 0 Å². The highest BCUT2D eigenvalue weighted by Gasteiger charge is 2.29. The maximum atomic E-state index is 14.7. The Morgan fingerprint density at radius 3 is 2.63 bits per heavy atom. The van der Waals surface area contributed by atoms with Crippen LogP contribution in [0.25, 0.3) is 0 Å². The summed E-state index contributed by atoms with van der Waals surface area (Å²) in [6, 6.07) is 11.1. The predicted octanol–water partition coefficient (Wildman–Crippen LogP) is 6.42. The number of halogens is 3. The fourth-order valence-electron chi connectivity index (χ4n) is 5.46. The second-order valence-corrected chi connectivity index (χ2v) is 10.7. The van der Waals surface area contributed by atoms with Gasteiger partial charge >= 0.3 is 5.97 Å². The molecular weight excluding hydrogens is 488 g/mol. The van der Waals surface area contributed by atoms with Crippen molar-refractivity contribution in [2.45, 2.75) is 57.0 Å². The summed E-state index contributed by atoms with van der Waals surface area (Å²) in [7, 11) is 0. The van der Waals surface area contributed by atoms with E-state index in [9.17, 15) is 9.18 Å². The van der Waals surface area contributed by atoms with Crippen molar-refractivity contribution in [2.75, 3.05) is 38.0 Å². The van der Waals surface area contributed by atoms with Gasteiger partial charge in [0.25, 0.3) is 0 Å². The van der Waals surface area contributed by atoms with Crippen molar-refractivity contribution in [2.24, 2.45) is 0 Å². The predicted molar refractivity (Wildman–Crippen MR) is 140 cm³/mol. The van der Waals surface area contributed by atoms with Crippen LogP contribution >= 0.6 is 23.2 Å². The minimum Gasteiger partial charge on any atom is -0.481 e. The van der Waals surface area contributed by atoms with Gasteiger partial charge in [0.15, 0.2) is 0 Å². The molecule has 4 rings (SSSR count). The van der Waals surface area contributed by atoms with E-state index in [4.69, 9.17) is 28.3 Å². The normalized spacial score (nSPS) is 21.1. The molecule has 5 nitrogen and oxygen atoms in total. The van der Waals surface area contributed by atoms with Gasteiger partial charge in [0, 0.05) is 29.2 Å². The van der Waals surface area contributed by atoms with E-state index >= 15 is 0 Å². The number of benzene rings is 2. The molecule has 2 aliphatic heterocycles. The highest BCUT2D eigenvalue weighted by Crippen LogP contribution is 2.34. The number of carboxylic acids is 1. The average Bonchev–Trinajstić information content (AvgIpc) is 2.84. The van der Waals surface area contributed by atoms with E-state index in [0.717, 1.165) is 56.6 Å². The average molecular weight is 522 g/mol. The van der Waals surface area contributed by atoms with Gasteiger partial charge in [-0.1, -0.05) is 35.3 Å². The van der Waals surface area contributed by atoms with Crippen LogP contribution < -0.4 is 5.32 Å². The molecule has 2 heterocycles. The maximum absolute atomic E-state index is 14.7. The number of hydrogen-bond acceptors (Lipinski definition) is 4. The highest BCUT2D eigenvalue weighted by atomic mass is 35.5. The summed E-state index contributed by atoms with van der Waals surface area (Å²) < 4.78 is 14.7. The molecule has 2 saturated heterocycles. The van der Waals surface area contributed by atoms with Crippen LogP contribution in [-0.2, 0) is 4.79 Å². The molecule has 1 unspecified atom stereocenters. The molecule has 2 aromatic rings. The number of carbonyl (C=O) groups is 1. The maximum Gasteiger partial charge on any atom is 0.304 e. The van der Waals surface area contributed by atoms with Crippen LogP contribution in [0.4, 0.5) is 10.1 Å². The number of nitrogens with one attached hydrogen (secondary N) is 1. The van der Waals surface area contributed by atoms with E-state index in [-0.39, 0.29) is 18.3 Å². The minimum atomic E-state index is -0.730. The first-order valence-corrected chi connectivity index (χ1v) is 13.2. The Morgan fingerprint density at radius 2 is 1.91 bits per heavy atom. The molecule has 2 fully saturated rings. The molecule has 0 radical (unpaired) electrons. The zero-order chi connectivity index (χ0) is 24.9. The summed E-state index contributed by atoms with van der Waals surface area (Å²) in [6.07, 6.45) is 4.57. The smallest absolute Gasteiger partial charge is 0.304 e.